The summed E-state index contributed by atoms with van der Waals surface area (Å²) in [6.07, 6.45) is -5.17. The van der Waals surface area contributed by atoms with Crippen molar-refractivity contribution < 1.29 is 31.9 Å². The van der Waals surface area contributed by atoms with Crippen LogP contribution >= 0.6 is 46.4 Å². The quantitative estimate of drug-likeness (QED) is 0.193. The fourth-order valence-corrected chi connectivity index (χ4v) is 5.21. The molecule has 41 heavy (non-hydrogen) atoms. The van der Waals surface area contributed by atoms with Gasteiger partial charge in [0, 0.05) is 17.3 Å². The molecule has 0 aliphatic heterocycles. The van der Waals surface area contributed by atoms with Crippen molar-refractivity contribution in [2.75, 3.05) is 16.0 Å². The van der Waals surface area contributed by atoms with Crippen molar-refractivity contribution in [2.24, 2.45) is 5.92 Å². The van der Waals surface area contributed by atoms with Crippen molar-refractivity contribution in [1.29, 1.82) is 5.26 Å². The number of amides is 3. The van der Waals surface area contributed by atoms with E-state index in [1.165, 1.54) is 36.4 Å². The molecule has 15 heteroatoms. The molecule has 2 atom stereocenters. The van der Waals surface area contributed by atoms with Gasteiger partial charge in [0.15, 0.2) is 0 Å². The number of nitriles is 1. The normalized spacial score (nSPS) is 17.2. The predicted molar refractivity (Wildman–Crippen MR) is 146 cm³/mol. The highest BCUT2D eigenvalue weighted by atomic mass is 35.5. The predicted octanol–water partition coefficient (Wildman–Crippen LogP) is 7.28. The van der Waals surface area contributed by atoms with Crippen LogP contribution in [0.15, 0.2) is 54.6 Å². The fraction of sp³-hybridized carbons (Fsp3) is 0.154. The lowest BCUT2D eigenvalue weighted by molar-refractivity contribution is -0.167. The van der Waals surface area contributed by atoms with Crippen molar-refractivity contribution in [2.45, 2.75) is 16.4 Å². The lowest BCUT2D eigenvalue weighted by Gasteiger charge is -2.12. The van der Waals surface area contributed by atoms with E-state index in [0.717, 1.165) is 18.2 Å². The molecule has 4 rings (SSSR count). The van der Waals surface area contributed by atoms with Gasteiger partial charge in [-0.2, -0.15) is 18.4 Å². The highest BCUT2D eigenvalue weighted by molar-refractivity contribution is 6.53. The van der Waals surface area contributed by atoms with E-state index < -0.39 is 51.6 Å². The summed E-state index contributed by atoms with van der Waals surface area (Å²) in [4.78, 5) is 37.1. The Kier molecular flexibility index (Phi) is 8.43. The van der Waals surface area contributed by atoms with Crippen molar-refractivity contribution in [3.8, 4) is 6.07 Å². The molecule has 0 saturated heterocycles. The molecule has 212 valence electrons. The lowest BCUT2D eigenvalue weighted by atomic mass is 10.1. The monoisotopic (exact) mass is 646 g/mol. The van der Waals surface area contributed by atoms with Gasteiger partial charge in [-0.25, -0.2) is 4.39 Å². The van der Waals surface area contributed by atoms with Crippen LogP contribution < -0.4 is 16.0 Å². The second-order valence-electron chi connectivity index (χ2n) is 8.77. The van der Waals surface area contributed by atoms with Crippen LogP contribution in [0, 0.1) is 23.1 Å². The zero-order chi connectivity index (χ0) is 30.3. The maximum absolute atomic E-state index is 13.5. The summed E-state index contributed by atoms with van der Waals surface area (Å²) in [6, 6.07) is 12.8. The molecular formula is C26H14Cl4F4N4O3. The molecule has 0 bridgehead atoms. The average molecular weight is 648 g/mol. The van der Waals surface area contributed by atoms with Gasteiger partial charge >= 0.3 is 12.1 Å². The maximum Gasteiger partial charge on any atom is 0.471 e. The molecule has 1 aliphatic rings. The number of halogens is 8. The SMILES string of the molecule is N#Cc1cc(NC(=O)c2cc(NC(=O)[C@H]3[C@H](c4ccc(F)c(Cl)c4)C3(Cl)Cl)ccc2Cl)ccc1NC(=O)C(F)(F)F. The van der Waals surface area contributed by atoms with E-state index in [1.54, 1.807) is 11.4 Å². The van der Waals surface area contributed by atoms with E-state index in [0.29, 0.717) is 5.56 Å². The van der Waals surface area contributed by atoms with E-state index in [-0.39, 0.29) is 32.5 Å². The van der Waals surface area contributed by atoms with Crippen molar-refractivity contribution in [1.82, 2.24) is 0 Å². The largest absolute Gasteiger partial charge is 0.471 e. The number of alkyl halides is 5. The Hall–Kier alpha value is -3.56. The molecule has 1 fully saturated rings. The molecule has 3 aromatic rings. The first-order valence-electron chi connectivity index (χ1n) is 11.3. The fourth-order valence-electron chi connectivity index (χ4n) is 3.99. The van der Waals surface area contributed by atoms with E-state index >= 15 is 0 Å². The lowest BCUT2D eigenvalue weighted by Crippen LogP contribution is -2.30. The first-order chi connectivity index (χ1) is 19.1. The van der Waals surface area contributed by atoms with Gasteiger partial charge in [0.2, 0.25) is 5.91 Å². The molecule has 1 saturated carbocycles. The number of nitrogens with zero attached hydrogens (tertiary/aromatic N) is 1. The zero-order valence-corrected chi connectivity index (χ0v) is 23.1. The molecule has 1 aliphatic carbocycles. The summed E-state index contributed by atoms with van der Waals surface area (Å²) in [7, 11) is 0. The Labute approximate surface area is 249 Å². The Balaban J connectivity index is 1.48. The molecule has 3 aromatic carbocycles. The molecule has 3 amide bonds. The zero-order valence-electron chi connectivity index (χ0n) is 20.0. The van der Waals surface area contributed by atoms with Crippen LogP contribution in [-0.4, -0.2) is 28.2 Å². The summed E-state index contributed by atoms with van der Waals surface area (Å²) >= 11 is 24.6. The first kappa shape index (κ1) is 30.4. The van der Waals surface area contributed by atoms with Crippen LogP contribution in [0.2, 0.25) is 10.0 Å². The Morgan fingerprint density at radius 2 is 1.54 bits per heavy atom. The Morgan fingerprint density at radius 1 is 0.878 bits per heavy atom. The number of hydrogen-bond donors (Lipinski definition) is 3. The van der Waals surface area contributed by atoms with Crippen LogP contribution in [0.5, 0.6) is 0 Å². The smallest absolute Gasteiger partial charge is 0.326 e. The van der Waals surface area contributed by atoms with Crippen LogP contribution in [-0.2, 0) is 9.59 Å². The number of carbonyl (C=O) groups excluding carboxylic acids is 3. The first-order valence-corrected chi connectivity index (χ1v) is 12.8. The number of hydrogen-bond acceptors (Lipinski definition) is 4. The minimum atomic E-state index is -5.17. The van der Waals surface area contributed by atoms with Gasteiger partial charge in [-0.05, 0) is 54.1 Å². The minimum Gasteiger partial charge on any atom is -0.326 e. The summed E-state index contributed by atoms with van der Waals surface area (Å²) in [5.41, 5.74) is -0.239. The van der Waals surface area contributed by atoms with Gasteiger partial charge in [-0.1, -0.05) is 29.3 Å². The van der Waals surface area contributed by atoms with Gasteiger partial charge in [0.05, 0.1) is 32.8 Å². The Bertz CT molecular complexity index is 1630. The molecule has 0 radical (unpaired) electrons. The third kappa shape index (κ3) is 6.52. The van der Waals surface area contributed by atoms with Crippen molar-refractivity contribution in [3.05, 3.63) is 87.2 Å². The summed E-state index contributed by atoms with van der Waals surface area (Å²) in [5, 5.41) is 15.7. The summed E-state index contributed by atoms with van der Waals surface area (Å²) in [6.45, 7) is 0. The third-order valence-corrected chi connectivity index (χ3v) is 7.58. The molecule has 0 unspecified atom stereocenters. The molecular weight excluding hydrogens is 634 g/mol. The highest BCUT2D eigenvalue weighted by Crippen LogP contribution is 2.65. The van der Waals surface area contributed by atoms with E-state index in [1.807, 2.05) is 0 Å². The van der Waals surface area contributed by atoms with Gasteiger partial charge < -0.3 is 16.0 Å². The van der Waals surface area contributed by atoms with E-state index in [4.69, 9.17) is 46.4 Å². The van der Waals surface area contributed by atoms with Gasteiger partial charge in [-0.3, -0.25) is 14.4 Å². The average Bonchev–Trinajstić information content (AvgIpc) is 3.48. The molecule has 3 N–H and O–H groups in total. The summed E-state index contributed by atoms with van der Waals surface area (Å²) in [5.74, 6) is -5.90. The maximum atomic E-state index is 13.5. The van der Waals surface area contributed by atoms with Crippen LogP contribution in [0.3, 0.4) is 0 Å². The molecule has 0 heterocycles. The van der Waals surface area contributed by atoms with Gasteiger partial charge in [0.1, 0.15) is 16.2 Å². The highest BCUT2D eigenvalue weighted by Gasteiger charge is 2.67. The standard InChI is InChI=1S/C26H14Cl4F4N4O3/c27-16-4-2-14(37-23(40)21-20(25(21,29)30)11-1-5-18(31)17(28)8-11)9-15(16)22(39)36-13-3-6-19(12(7-13)10-35)38-24(41)26(32,33)34/h1-9,20-21H,(H,36,39)(H,37,40)(H,38,41)/t20-,21+/m0/s1. The number of nitrogens with one attached hydrogen (secondary N) is 3. The van der Waals surface area contributed by atoms with E-state index in [2.05, 4.69) is 10.6 Å². The van der Waals surface area contributed by atoms with Crippen LogP contribution in [0.25, 0.3) is 0 Å². The van der Waals surface area contributed by atoms with Crippen molar-refractivity contribution >= 4 is 81.2 Å². The minimum absolute atomic E-state index is 0.00917. The van der Waals surface area contributed by atoms with Gasteiger partial charge in [0.25, 0.3) is 5.91 Å². The summed E-state index contributed by atoms with van der Waals surface area (Å²) < 4.78 is 49.7. The van der Waals surface area contributed by atoms with Crippen LogP contribution in [0.4, 0.5) is 34.6 Å². The van der Waals surface area contributed by atoms with E-state index in [9.17, 15) is 37.2 Å². The second-order valence-corrected chi connectivity index (χ2v) is 11.0. The number of rotatable bonds is 6. The molecule has 0 aromatic heterocycles. The topological polar surface area (TPSA) is 111 Å². The van der Waals surface area contributed by atoms with Crippen LogP contribution in [0.1, 0.15) is 27.4 Å². The van der Waals surface area contributed by atoms with Crippen molar-refractivity contribution in [3.63, 3.8) is 0 Å². The number of benzene rings is 3. The molecule has 0 spiro atoms. The van der Waals surface area contributed by atoms with Gasteiger partial charge in [-0.15, -0.1) is 23.2 Å². The molecule has 7 nitrogen and oxygen atoms in total. The second kappa shape index (κ2) is 11.4. The number of anilines is 3. The Morgan fingerprint density at radius 3 is 2.17 bits per heavy atom. The third-order valence-electron chi connectivity index (χ3n) is 6.02. The number of carbonyl (C=O) groups is 3.